The first kappa shape index (κ1) is 23.7. The van der Waals surface area contributed by atoms with Gasteiger partial charge in [0.05, 0.1) is 17.7 Å². The highest BCUT2D eigenvalue weighted by Crippen LogP contribution is 2.31. The topological polar surface area (TPSA) is 56.3 Å². The van der Waals surface area contributed by atoms with E-state index in [0.717, 1.165) is 65.1 Å². The summed E-state index contributed by atoms with van der Waals surface area (Å²) in [5.74, 6) is 0.846. The lowest BCUT2D eigenvalue weighted by Crippen LogP contribution is -2.02. The first-order valence-electron chi connectivity index (χ1n) is 11.4. The highest BCUT2D eigenvalue weighted by atomic mass is 32.2. The number of rotatable bonds is 8. The van der Waals surface area contributed by atoms with Crippen LogP contribution in [-0.4, -0.2) is 26.8 Å². The smallest absolute Gasteiger partial charge is 0.176 e. The summed E-state index contributed by atoms with van der Waals surface area (Å²) in [6.07, 6.45) is 12.9. The van der Waals surface area contributed by atoms with Crippen molar-refractivity contribution in [2.45, 2.75) is 30.6 Å². The standard InChI is InChI=1S/C29H29NO3S/c1-33-25-16-5-3-12-23(21-25)28-19-10-15-24(30-28)14-9-13-22-11-4-6-17-26(22)27-18-7-8-20-29(27)34(2,31)32/h3-4,6-8,10-12,15-21H,5,9,13-14H2,1-2H3. The Morgan fingerprint density at radius 2 is 1.68 bits per heavy atom. The van der Waals surface area contributed by atoms with E-state index >= 15 is 0 Å². The number of methoxy groups -OCH3 is 1. The van der Waals surface area contributed by atoms with Gasteiger partial charge in [-0.2, -0.15) is 0 Å². The zero-order valence-electron chi connectivity index (χ0n) is 19.6. The van der Waals surface area contributed by atoms with Crippen LogP contribution >= 0.6 is 0 Å². The molecular weight excluding hydrogens is 442 g/mol. The van der Waals surface area contributed by atoms with Crippen LogP contribution in [0.1, 0.15) is 29.8 Å². The van der Waals surface area contributed by atoms with Crippen molar-refractivity contribution in [2.75, 3.05) is 13.4 Å². The molecule has 0 saturated heterocycles. The summed E-state index contributed by atoms with van der Waals surface area (Å²) in [4.78, 5) is 5.25. The molecule has 1 heterocycles. The van der Waals surface area contributed by atoms with Gasteiger partial charge in [0, 0.05) is 23.1 Å². The molecule has 1 aliphatic rings. The minimum Gasteiger partial charge on any atom is -0.497 e. The van der Waals surface area contributed by atoms with Crippen LogP contribution in [0.4, 0.5) is 0 Å². The van der Waals surface area contributed by atoms with Crippen molar-refractivity contribution in [3.05, 3.63) is 114 Å². The van der Waals surface area contributed by atoms with E-state index in [0.29, 0.717) is 4.90 Å². The summed E-state index contributed by atoms with van der Waals surface area (Å²) < 4.78 is 30.1. The Bertz CT molecular complexity index is 1370. The van der Waals surface area contributed by atoms with Crippen molar-refractivity contribution in [1.29, 1.82) is 0 Å². The fourth-order valence-electron chi connectivity index (χ4n) is 4.19. The van der Waals surface area contributed by atoms with Crippen molar-refractivity contribution in [3.63, 3.8) is 0 Å². The third-order valence-corrected chi connectivity index (χ3v) is 7.02. The lowest BCUT2D eigenvalue weighted by Gasteiger charge is -2.13. The minimum atomic E-state index is -3.32. The molecule has 0 aliphatic heterocycles. The maximum absolute atomic E-state index is 12.3. The van der Waals surface area contributed by atoms with Gasteiger partial charge < -0.3 is 4.74 Å². The molecule has 34 heavy (non-hydrogen) atoms. The van der Waals surface area contributed by atoms with E-state index in [-0.39, 0.29) is 0 Å². The molecule has 1 aromatic heterocycles. The van der Waals surface area contributed by atoms with Gasteiger partial charge in [-0.05, 0) is 67.2 Å². The zero-order valence-corrected chi connectivity index (χ0v) is 20.4. The lowest BCUT2D eigenvalue weighted by atomic mass is 9.96. The average molecular weight is 472 g/mol. The molecule has 5 heteroatoms. The van der Waals surface area contributed by atoms with E-state index in [4.69, 9.17) is 9.72 Å². The predicted molar refractivity (Wildman–Crippen MR) is 138 cm³/mol. The summed E-state index contributed by atoms with van der Waals surface area (Å²) >= 11 is 0. The number of aromatic nitrogens is 1. The second-order valence-electron chi connectivity index (χ2n) is 8.34. The Hall–Kier alpha value is -3.44. The monoisotopic (exact) mass is 471 g/mol. The second-order valence-corrected chi connectivity index (χ2v) is 10.3. The van der Waals surface area contributed by atoms with Gasteiger partial charge in [-0.1, -0.05) is 60.7 Å². The summed E-state index contributed by atoms with van der Waals surface area (Å²) in [5, 5.41) is 0. The molecule has 0 amide bonds. The van der Waals surface area contributed by atoms with Crippen LogP contribution in [0.2, 0.25) is 0 Å². The Kier molecular flexibility index (Phi) is 7.43. The van der Waals surface area contributed by atoms with Crippen LogP contribution in [0.15, 0.2) is 102 Å². The number of aryl methyl sites for hydroxylation is 2. The molecule has 0 bridgehead atoms. The van der Waals surface area contributed by atoms with Crippen LogP contribution in [0.3, 0.4) is 0 Å². The number of hydrogen-bond donors (Lipinski definition) is 0. The van der Waals surface area contributed by atoms with E-state index in [1.165, 1.54) is 6.26 Å². The quantitative estimate of drug-likeness (QED) is 0.392. The van der Waals surface area contributed by atoms with Gasteiger partial charge in [0.2, 0.25) is 0 Å². The van der Waals surface area contributed by atoms with Crippen molar-refractivity contribution < 1.29 is 13.2 Å². The molecule has 0 atom stereocenters. The molecule has 4 rings (SSSR count). The van der Waals surface area contributed by atoms with E-state index < -0.39 is 9.84 Å². The number of pyridine rings is 1. The Morgan fingerprint density at radius 1 is 0.912 bits per heavy atom. The summed E-state index contributed by atoms with van der Waals surface area (Å²) in [6, 6.07) is 21.4. The fraction of sp³-hybridized carbons (Fsp3) is 0.207. The van der Waals surface area contributed by atoms with Gasteiger partial charge in [-0.25, -0.2) is 8.42 Å². The van der Waals surface area contributed by atoms with Crippen LogP contribution in [0, 0.1) is 0 Å². The second kappa shape index (κ2) is 10.7. The molecule has 174 valence electrons. The van der Waals surface area contributed by atoms with Crippen LogP contribution < -0.4 is 0 Å². The zero-order chi connectivity index (χ0) is 24.0. The highest BCUT2D eigenvalue weighted by Gasteiger charge is 2.16. The maximum atomic E-state index is 12.3. The fourth-order valence-corrected chi connectivity index (χ4v) is 5.10. The third kappa shape index (κ3) is 5.72. The van der Waals surface area contributed by atoms with Gasteiger partial charge in [0.25, 0.3) is 0 Å². The third-order valence-electron chi connectivity index (χ3n) is 5.86. The van der Waals surface area contributed by atoms with Gasteiger partial charge in [0.15, 0.2) is 9.84 Å². The predicted octanol–water partition coefficient (Wildman–Crippen LogP) is 6.20. The number of sulfone groups is 1. The Balaban J connectivity index is 1.52. The lowest BCUT2D eigenvalue weighted by molar-refractivity contribution is 0.306. The van der Waals surface area contributed by atoms with Gasteiger partial charge >= 0.3 is 0 Å². The molecule has 0 unspecified atom stereocenters. The number of nitrogens with zero attached hydrogens (tertiary/aromatic N) is 1. The van der Waals surface area contributed by atoms with E-state index in [1.807, 2.05) is 54.6 Å². The Morgan fingerprint density at radius 3 is 2.47 bits per heavy atom. The summed E-state index contributed by atoms with van der Waals surface area (Å²) in [5.41, 5.74) is 5.87. The molecule has 0 radical (unpaired) electrons. The van der Waals surface area contributed by atoms with E-state index in [2.05, 4.69) is 24.3 Å². The van der Waals surface area contributed by atoms with Gasteiger partial charge in [-0.3, -0.25) is 4.98 Å². The highest BCUT2D eigenvalue weighted by molar-refractivity contribution is 7.90. The first-order chi connectivity index (χ1) is 16.5. The molecular formula is C29H29NO3S. The van der Waals surface area contributed by atoms with Crippen molar-refractivity contribution in [3.8, 4) is 11.1 Å². The van der Waals surface area contributed by atoms with Gasteiger partial charge in [0.1, 0.15) is 5.76 Å². The van der Waals surface area contributed by atoms with Crippen molar-refractivity contribution in [1.82, 2.24) is 4.98 Å². The SMILES string of the molecule is COC1=CCC=CC(c2cccc(CCCc3ccccc3-c3ccccc3S(C)(=O)=O)n2)=C1. The number of hydrogen-bond acceptors (Lipinski definition) is 4. The van der Waals surface area contributed by atoms with Crippen LogP contribution in [0.5, 0.6) is 0 Å². The molecule has 3 aromatic rings. The number of allylic oxidation sites excluding steroid dienone is 5. The Labute approximate surface area is 202 Å². The minimum absolute atomic E-state index is 0.367. The first-order valence-corrected chi connectivity index (χ1v) is 13.3. The maximum Gasteiger partial charge on any atom is 0.176 e. The normalized spacial score (nSPS) is 13.7. The van der Waals surface area contributed by atoms with Gasteiger partial charge in [-0.15, -0.1) is 0 Å². The largest absolute Gasteiger partial charge is 0.497 e. The number of benzene rings is 2. The summed E-state index contributed by atoms with van der Waals surface area (Å²) in [7, 11) is -1.64. The number of ether oxygens (including phenoxy) is 1. The van der Waals surface area contributed by atoms with Crippen molar-refractivity contribution in [2.24, 2.45) is 0 Å². The summed E-state index contributed by atoms with van der Waals surface area (Å²) in [6.45, 7) is 0. The molecule has 4 nitrogen and oxygen atoms in total. The molecule has 0 saturated carbocycles. The molecule has 0 N–H and O–H groups in total. The molecule has 0 spiro atoms. The molecule has 0 fully saturated rings. The van der Waals surface area contributed by atoms with Crippen molar-refractivity contribution >= 4 is 15.4 Å². The van der Waals surface area contributed by atoms with E-state index in [9.17, 15) is 8.42 Å². The van der Waals surface area contributed by atoms with E-state index in [1.54, 1.807) is 19.2 Å². The molecule has 2 aromatic carbocycles. The van der Waals surface area contributed by atoms with Crippen LogP contribution in [-0.2, 0) is 27.4 Å². The average Bonchev–Trinajstić information content (AvgIpc) is 3.10. The van der Waals surface area contributed by atoms with Crippen LogP contribution in [0.25, 0.3) is 16.7 Å². The molecule has 1 aliphatic carbocycles.